The van der Waals surface area contributed by atoms with Gasteiger partial charge in [-0.1, -0.05) is 65.7 Å². The minimum Gasteiger partial charge on any atom is -0.321 e. The molecule has 0 saturated heterocycles. The average molecular weight is 380 g/mol. The van der Waals surface area contributed by atoms with Crippen LogP contribution in [0.25, 0.3) is 6.08 Å². The largest absolute Gasteiger partial charge is 0.321 e. The molecule has 29 heavy (non-hydrogen) atoms. The molecule has 0 bridgehead atoms. The van der Waals surface area contributed by atoms with E-state index in [1.54, 1.807) is 6.08 Å². The molecule has 0 fully saturated rings. The maximum absolute atomic E-state index is 12.4. The second-order valence-electron chi connectivity index (χ2n) is 7.41. The van der Waals surface area contributed by atoms with Gasteiger partial charge in [-0.05, 0) is 67.7 Å². The summed E-state index contributed by atoms with van der Waals surface area (Å²) < 4.78 is 0. The Morgan fingerprint density at radius 2 is 1.59 bits per heavy atom. The van der Waals surface area contributed by atoms with Crippen LogP contribution in [-0.2, 0) is 11.2 Å². The number of hydrogen-bond donors (Lipinski definition) is 1. The van der Waals surface area contributed by atoms with Crippen molar-refractivity contribution >= 4 is 17.7 Å². The summed E-state index contributed by atoms with van der Waals surface area (Å²) in [5, 5.41) is 12.2. The molecule has 144 valence electrons. The molecule has 0 unspecified atom stereocenters. The van der Waals surface area contributed by atoms with E-state index >= 15 is 0 Å². The van der Waals surface area contributed by atoms with Crippen LogP contribution in [0.2, 0.25) is 0 Å². The third kappa shape index (κ3) is 5.67. The van der Waals surface area contributed by atoms with Crippen LogP contribution >= 0.6 is 0 Å². The van der Waals surface area contributed by atoms with Crippen molar-refractivity contribution in [1.82, 2.24) is 0 Å². The Labute approximate surface area is 172 Å². The highest BCUT2D eigenvalue weighted by Crippen LogP contribution is 2.17. The molecule has 0 aliphatic heterocycles. The van der Waals surface area contributed by atoms with Gasteiger partial charge in [-0.3, -0.25) is 4.79 Å². The number of anilines is 1. The van der Waals surface area contributed by atoms with Gasteiger partial charge in [0.15, 0.2) is 0 Å². The lowest BCUT2D eigenvalue weighted by Crippen LogP contribution is -2.13. The maximum Gasteiger partial charge on any atom is 0.266 e. The lowest BCUT2D eigenvalue weighted by molar-refractivity contribution is -0.112. The summed E-state index contributed by atoms with van der Waals surface area (Å²) in [6.45, 7) is 6.17. The number of nitrogens with zero attached hydrogens (tertiary/aromatic N) is 1. The quantitative estimate of drug-likeness (QED) is 0.453. The molecule has 3 rings (SSSR count). The third-order valence-electron chi connectivity index (χ3n) is 4.62. The van der Waals surface area contributed by atoms with Gasteiger partial charge >= 0.3 is 0 Å². The highest BCUT2D eigenvalue weighted by molar-refractivity contribution is 6.09. The Kier molecular flexibility index (Phi) is 6.26. The number of hydrogen-bond acceptors (Lipinski definition) is 2. The predicted octanol–water partition coefficient (Wildman–Crippen LogP) is 5.75. The number of nitriles is 1. The Morgan fingerprint density at radius 3 is 2.21 bits per heavy atom. The molecule has 0 aliphatic rings. The molecule has 3 aromatic rings. The van der Waals surface area contributed by atoms with E-state index in [1.807, 2.05) is 61.5 Å². The summed E-state index contributed by atoms with van der Waals surface area (Å²) in [7, 11) is 0. The van der Waals surface area contributed by atoms with Crippen LogP contribution in [0.4, 0.5) is 5.69 Å². The lowest BCUT2D eigenvalue weighted by Gasteiger charge is -2.07. The minimum atomic E-state index is -0.405. The highest BCUT2D eigenvalue weighted by Gasteiger charge is 2.09. The Morgan fingerprint density at radius 1 is 0.897 bits per heavy atom. The van der Waals surface area contributed by atoms with Gasteiger partial charge in [0.2, 0.25) is 0 Å². The van der Waals surface area contributed by atoms with Crippen LogP contribution < -0.4 is 5.32 Å². The zero-order valence-corrected chi connectivity index (χ0v) is 17.0. The normalized spacial score (nSPS) is 11.0. The molecule has 3 aromatic carbocycles. The number of amides is 1. The van der Waals surface area contributed by atoms with E-state index in [0.29, 0.717) is 5.69 Å². The SMILES string of the molecule is Cc1cc(C)cc(Cc2ccc(/C=C(\C#N)C(=O)Nc3cccc(C)c3)cc2)c1. The minimum absolute atomic E-state index is 0.0774. The van der Waals surface area contributed by atoms with Crippen molar-refractivity contribution in [2.75, 3.05) is 5.32 Å². The molecule has 0 aliphatic carbocycles. The van der Waals surface area contributed by atoms with Crippen molar-refractivity contribution < 1.29 is 4.79 Å². The van der Waals surface area contributed by atoms with E-state index in [1.165, 1.54) is 22.3 Å². The van der Waals surface area contributed by atoms with Gasteiger partial charge < -0.3 is 5.32 Å². The van der Waals surface area contributed by atoms with Crippen LogP contribution in [0.3, 0.4) is 0 Å². The van der Waals surface area contributed by atoms with Crippen molar-refractivity contribution in [2.24, 2.45) is 0 Å². The van der Waals surface area contributed by atoms with Gasteiger partial charge in [0, 0.05) is 5.69 Å². The van der Waals surface area contributed by atoms with E-state index in [4.69, 9.17) is 0 Å². The van der Waals surface area contributed by atoms with Crippen molar-refractivity contribution in [3.8, 4) is 6.07 Å². The first-order chi connectivity index (χ1) is 13.9. The van der Waals surface area contributed by atoms with Crippen LogP contribution in [0, 0.1) is 32.1 Å². The van der Waals surface area contributed by atoms with E-state index in [-0.39, 0.29) is 5.57 Å². The predicted molar refractivity (Wildman–Crippen MR) is 119 cm³/mol. The van der Waals surface area contributed by atoms with Gasteiger partial charge in [-0.2, -0.15) is 5.26 Å². The number of nitrogens with one attached hydrogen (secondary N) is 1. The smallest absolute Gasteiger partial charge is 0.266 e. The molecule has 3 nitrogen and oxygen atoms in total. The summed E-state index contributed by atoms with van der Waals surface area (Å²) in [6, 6.07) is 24.0. The topological polar surface area (TPSA) is 52.9 Å². The molecule has 0 spiro atoms. The Balaban J connectivity index is 1.73. The molecule has 1 N–H and O–H groups in total. The number of rotatable bonds is 5. The molecular weight excluding hydrogens is 356 g/mol. The van der Waals surface area contributed by atoms with Crippen molar-refractivity contribution in [2.45, 2.75) is 27.2 Å². The Hall–Kier alpha value is -3.64. The fraction of sp³-hybridized carbons (Fsp3) is 0.154. The average Bonchev–Trinajstić information content (AvgIpc) is 2.66. The first-order valence-electron chi connectivity index (χ1n) is 9.59. The second-order valence-corrected chi connectivity index (χ2v) is 7.41. The number of carbonyl (C=O) groups excluding carboxylic acids is 1. The standard InChI is InChI=1S/C26H24N2O/c1-18-5-4-6-25(14-18)28-26(29)24(17-27)16-22-9-7-21(8-10-22)15-23-12-19(2)11-20(3)13-23/h4-14,16H,15H2,1-3H3,(H,28,29)/b24-16+. The van der Waals surface area contributed by atoms with Crippen molar-refractivity contribution in [3.05, 3.63) is 106 Å². The third-order valence-corrected chi connectivity index (χ3v) is 4.62. The van der Waals surface area contributed by atoms with Crippen molar-refractivity contribution in [1.29, 1.82) is 5.26 Å². The summed E-state index contributed by atoms with van der Waals surface area (Å²) in [6.07, 6.45) is 2.47. The first kappa shape index (κ1) is 20.1. The highest BCUT2D eigenvalue weighted by atomic mass is 16.1. The number of carbonyl (C=O) groups is 1. The number of aryl methyl sites for hydroxylation is 3. The fourth-order valence-corrected chi connectivity index (χ4v) is 3.37. The van der Waals surface area contributed by atoms with Crippen molar-refractivity contribution in [3.63, 3.8) is 0 Å². The van der Waals surface area contributed by atoms with Gasteiger partial charge in [0.05, 0.1) is 0 Å². The molecule has 0 radical (unpaired) electrons. The molecule has 0 atom stereocenters. The van der Waals surface area contributed by atoms with Gasteiger partial charge in [0.25, 0.3) is 5.91 Å². The summed E-state index contributed by atoms with van der Waals surface area (Å²) in [5.41, 5.74) is 7.62. The molecule has 0 saturated carbocycles. The molecule has 3 heteroatoms. The number of benzene rings is 3. The van der Waals surface area contributed by atoms with Gasteiger partial charge in [-0.15, -0.1) is 0 Å². The van der Waals surface area contributed by atoms with Crippen LogP contribution in [-0.4, -0.2) is 5.91 Å². The van der Waals surface area contributed by atoms with E-state index < -0.39 is 5.91 Å². The summed E-state index contributed by atoms with van der Waals surface area (Å²) in [4.78, 5) is 12.4. The van der Waals surface area contributed by atoms with Gasteiger partial charge in [-0.25, -0.2) is 0 Å². The summed E-state index contributed by atoms with van der Waals surface area (Å²) in [5.74, 6) is -0.405. The molecule has 0 heterocycles. The maximum atomic E-state index is 12.4. The van der Waals surface area contributed by atoms with Gasteiger partial charge in [0.1, 0.15) is 11.6 Å². The fourth-order valence-electron chi connectivity index (χ4n) is 3.37. The molecule has 0 aromatic heterocycles. The molecular formula is C26H24N2O. The first-order valence-corrected chi connectivity index (χ1v) is 9.59. The van der Waals surface area contributed by atoms with Crippen LogP contribution in [0.1, 0.15) is 33.4 Å². The van der Waals surface area contributed by atoms with Crippen LogP contribution in [0.15, 0.2) is 72.3 Å². The van der Waals surface area contributed by atoms with E-state index in [2.05, 4.69) is 37.4 Å². The van der Waals surface area contributed by atoms with E-state index in [0.717, 1.165) is 17.5 Å². The summed E-state index contributed by atoms with van der Waals surface area (Å²) >= 11 is 0. The zero-order valence-electron chi connectivity index (χ0n) is 17.0. The zero-order chi connectivity index (χ0) is 20.8. The monoisotopic (exact) mass is 380 g/mol. The molecule has 1 amide bonds. The van der Waals surface area contributed by atoms with E-state index in [9.17, 15) is 10.1 Å². The van der Waals surface area contributed by atoms with Crippen LogP contribution in [0.5, 0.6) is 0 Å². The second kappa shape index (κ2) is 9.03. The Bertz CT molecular complexity index is 1080. The lowest BCUT2D eigenvalue weighted by atomic mass is 9.99.